The molecule has 1 atom stereocenters. The molecule has 1 aromatic rings. The molecule has 1 fully saturated rings. The molecule has 5 nitrogen and oxygen atoms in total. The zero-order valence-electron chi connectivity index (χ0n) is 10.6. The third-order valence-corrected chi connectivity index (χ3v) is 2.72. The van der Waals surface area contributed by atoms with Gasteiger partial charge in [0.1, 0.15) is 17.7 Å². The molecule has 1 aliphatic heterocycles. The summed E-state index contributed by atoms with van der Waals surface area (Å²) in [5.74, 6) is 2.25. The quantitative estimate of drug-likeness (QED) is 0.863. The minimum atomic E-state index is 0.123. The summed E-state index contributed by atoms with van der Waals surface area (Å²) in [5, 5.41) is 3.22. The molecule has 0 amide bonds. The van der Waals surface area contributed by atoms with Crippen LogP contribution in [0.2, 0.25) is 0 Å². The standard InChI is InChI=1S/C12H19N3O2/c1-4-13-11-8(2)12(15-9(3)14-11)17-10-5-6-16-7-10/h10H,4-7H2,1-3H3,(H,13,14,15). The van der Waals surface area contributed by atoms with Gasteiger partial charge in [0.15, 0.2) is 0 Å². The summed E-state index contributed by atoms with van der Waals surface area (Å²) in [7, 11) is 0. The molecule has 0 saturated carbocycles. The van der Waals surface area contributed by atoms with Crippen molar-refractivity contribution in [1.82, 2.24) is 9.97 Å². The Kier molecular flexibility index (Phi) is 3.78. The number of nitrogens with one attached hydrogen (secondary N) is 1. The number of aryl methyl sites for hydroxylation is 1. The van der Waals surface area contributed by atoms with Crippen LogP contribution >= 0.6 is 0 Å². The molecule has 0 radical (unpaired) electrons. The molecule has 1 aromatic heterocycles. The van der Waals surface area contributed by atoms with Crippen LogP contribution in [-0.2, 0) is 4.74 Å². The van der Waals surface area contributed by atoms with Crippen molar-refractivity contribution in [3.8, 4) is 5.88 Å². The minimum Gasteiger partial charge on any atom is -0.471 e. The Balaban J connectivity index is 2.19. The SMILES string of the molecule is CCNc1nc(C)nc(OC2CCOC2)c1C. The van der Waals surface area contributed by atoms with Gasteiger partial charge in [0.25, 0.3) is 0 Å². The molecule has 1 saturated heterocycles. The van der Waals surface area contributed by atoms with Gasteiger partial charge >= 0.3 is 0 Å². The van der Waals surface area contributed by atoms with Crippen LogP contribution in [-0.4, -0.2) is 35.8 Å². The van der Waals surface area contributed by atoms with Crippen LogP contribution in [0.4, 0.5) is 5.82 Å². The van der Waals surface area contributed by atoms with E-state index >= 15 is 0 Å². The van der Waals surface area contributed by atoms with Gasteiger partial charge in [-0.05, 0) is 20.8 Å². The van der Waals surface area contributed by atoms with Crippen LogP contribution < -0.4 is 10.1 Å². The molecule has 17 heavy (non-hydrogen) atoms. The summed E-state index contributed by atoms with van der Waals surface area (Å²) in [6, 6.07) is 0. The zero-order chi connectivity index (χ0) is 12.3. The lowest BCUT2D eigenvalue weighted by atomic mass is 10.3. The van der Waals surface area contributed by atoms with Crippen molar-refractivity contribution in [3.63, 3.8) is 0 Å². The fourth-order valence-electron chi connectivity index (χ4n) is 1.82. The van der Waals surface area contributed by atoms with Crippen LogP contribution in [0.15, 0.2) is 0 Å². The highest BCUT2D eigenvalue weighted by molar-refractivity contribution is 5.48. The van der Waals surface area contributed by atoms with Gasteiger partial charge in [0.2, 0.25) is 5.88 Å². The number of nitrogens with zero attached hydrogens (tertiary/aromatic N) is 2. The van der Waals surface area contributed by atoms with Gasteiger partial charge in [-0.15, -0.1) is 0 Å². The van der Waals surface area contributed by atoms with E-state index in [4.69, 9.17) is 9.47 Å². The van der Waals surface area contributed by atoms with E-state index in [1.54, 1.807) is 0 Å². The van der Waals surface area contributed by atoms with E-state index in [0.717, 1.165) is 36.8 Å². The minimum absolute atomic E-state index is 0.123. The number of anilines is 1. The highest BCUT2D eigenvalue weighted by Gasteiger charge is 2.20. The lowest BCUT2D eigenvalue weighted by Crippen LogP contribution is -2.18. The van der Waals surface area contributed by atoms with E-state index in [0.29, 0.717) is 12.5 Å². The Morgan fingerprint density at radius 1 is 1.41 bits per heavy atom. The average molecular weight is 237 g/mol. The Bertz CT molecular complexity index is 390. The first-order valence-corrected chi connectivity index (χ1v) is 6.04. The van der Waals surface area contributed by atoms with Crippen LogP contribution in [0.3, 0.4) is 0 Å². The van der Waals surface area contributed by atoms with Crippen molar-refractivity contribution in [2.45, 2.75) is 33.3 Å². The van der Waals surface area contributed by atoms with Gasteiger partial charge in [-0.25, -0.2) is 4.98 Å². The second-order valence-corrected chi connectivity index (χ2v) is 4.18. The summed E-state index contributed by atoms with van der Waals surface area (Å²) in [6.07, 6.45) is 1.05. The summed E-state index contributed by atoms with van der Waals surface area (Å²) in [5.41, 5.74) is 0.962. The highest BCUT2D eigenvalue weighted by Crippen LogP contribution is 2.24. The molecule has 94 valence electrons. The average Bonchev–Trinajstić information content (AvgIpc) is 2.78. The van der Waals surface area contributed by atoms with Crippen molar-refractivity contribution in [2.75, 3.05) is 25.1 Å². The zero-order valence-corrected chi connectivity index (χ0v) is 10.6. The smallest absolute Gasteiger partial charge is 0.222 e. The number of ether oxygens (including phenoxy) is 2. The normalized spacial score (nSPS) is 19.4. The molecule has 0 aromatic carbocycles. The molecule has 2 heterocycles. The summed E-state index contributed by atoms with van der Waals surface area (Å²) >= 11 is 0. The molecule has 0 aliphatic carbocycles. The molecule has 5 heteroatoms. The van der Waals surface area contributed by atoms with Crippen molar-refractivity contribution in [2.24, 2.45) is 0 Å². The summed E-state index contributed by atoms with van der Waals surface area (Å²) in [6.45, 7) is 8.15. The first-order valence-electron chi connectivity index (χ1n) is 6.04. The molecule has 2 rings (SSSR count). The van der Waals surface area contributed by atoms with Crippen molar-refractivity contribution in [1.29, 1.82) is 0 Å². The number of rotatable bonds is 4. The highest BCUT2D eigenvalue weighted by atomic mass is 16.5. The number of aromatic nitrogens is 2. The number of hydrogen-bond acceptors (Lipinski definition) is 5. The predicted octanol–water partition coefficient (Wildman–Crippen LogP) is 1.69. The lowest BCUT2D eigenvalue weighted by Gasteiger charge is -2.15. The monoisotopic (exact) mass is 237 g/mol. The van der Waals surface area contributed by atoms with Crippen LogP contribution in [0.5, 0.6) is 5.88 Å². The van der Waals surface area contributed by atoms with Gasteiger partial charge in [0.05, 0.1) is 18.8 Å². The molecule has 1 unspecified atom stereocenters. The molecule has 1 N–H and O–H groups in total. The largest absolute Gasteiger partial charge is 0.471 e. The second-order valence-electron chi connectivity index (χ2n) is 4.18. The van der Waals surface area contributed by atoms with E-state index in [9.17, 15) is 0 Å². The van der Waals surface area contributed by atoms with E-state index in [2.05, 4.69) is 15.3 Å². The molecular weight excluding hydrogens is 218 g/mol. The maximum atomic E-state index is 5.86. The third kappa shape index (κ3) is 2.85. The van der Waals surface area contributed by atoms with E-state index in [-0.39, 0.29) is 6.10 Å². The van der Waals surface area contributed by atoms with E-state index in [1.165, 1.54) is 0 Å². The van der Waals surface area contributed by atoms with Crippen molar-refractivity contribution in [3.05, 3.63) is 11.4 Å². The number of hydrogen-bond donors (Lipinski definition) is 1. The molecule has 0 spiro atoms. The van der Waals surface area contributed by atoms with Gasteiger partial charge in [-0.2, -0.15) is 4.98 Å². The third-order valence-electron chi connectivity index (χ3n) is 2.72. The van der Waals surface area contributed by atoms with Crippen molar-refractivity contribution < 1.29 is 9.47 Å². The summed E-state index contributed by atoms with van der Waals surface area (Å²) in [4.78, 5) is 8.71. The molecule has 0 bridgehead atoms. The maximum Gasteiger partial charge on any atom is 0.222 e. The first-order chi connectivity index (χ1) is 8.20. The van der Waals surface area contributed by atoms with Crippen LogP contribution in [0.25, 0.3) is 0 Å². The fraction of sp³-hybridized carbons (Fsp3) is 0.667. The van der Waals surface area contributed by atoms with Gasteiger partial charge in [-0.1, -0.05) is 0 Å². The van der Waals surface area contributed by atoms with Crippen molar-refractivity contribution >= 4 is 5.82 Å². The van der Waals surface area contributed by atoms with E-state index in [1.807, 2.05) is 20.8 Å². The Labute approximate surface area is 102 Å². The molecular formula is C12H19N3O2. The van der Waals surface area contributed by atoms with E-state index < -0.39 is 0 Å². The van der Waals surface area contributed by atoms with Gasteiger partial charge < -0.3 is 14.8 Å². The Morgan fingerprint density at radius 2 is 2.24 bits per heavy atom. The topological polar surface area (TPSA) is 56.3 Å². The Morgan fingerprint density at radius 3 is 2.88 bits per heavy atom. The van der Waals surface area contributed by atoms with Crippen LogP contribution in [0, 0.1) is 13.8 Å². The molecule has 1 aliphatic rings. The van der Waals surface area contributed by atoms with Gasteiger partial charge in [0, 0.05) is 13.0 Å². The lowest BCUT2D eigenvalue weighted by molar-refractivity contribution is 0.137. The predicted molar refractivity (Wildman–Crippen MR) is 65.5 cm³/mol. The van der Waals surface area contributed by atoms with Crippen LogP contribution in [0.1, 0.15) is 24.7 Å². The maximum absolute atomic E-state index is 5.86. The Hall–Kier alpha value is -1.36. The van der Waals surface area contributed by atoms with Gasteiger partial charge in [-0.3, -0.25) is 0 Å². The second kappa shape index (κ2) is 5.31. The fourth-order valence-corrected chi connectivity index (χ4v) is 1.82. The first kappa shape index (κ1) is 12.1. The summed E-state index contributed by atoms with van der Waals surface area (Å²) < 4.78 is 11.2.